The summed E-state index contributed by atoms with van der Waals surface area (Å²) in [4.78, 5) is 86.4. The minimum absolute atomic E-state index is 0.00750. The summed E-state index contributed by atoms with van der Waals surface area (Å²) in [6, 6.07) is 0. The van der Waals surface area contributed by atoms with E-state index in [1.54, 1.807) is 0 Å². The number of ether oxygens (including phenoxy) is 7. The summed E-state index contributed by atoms with van der Waals surface area (Å²) in [6.07, 6.45) is 60.4. The van der Waals surface area contributed by atoms with Gasteiger partial charge in [-0.25, -0.2) is 0 Å². The average molecular weight is 1950 g/mol. The van der Waals surface area contributed by atoms with Crippen molar-refractivity contribution >= 4 is 41.8 Å². The van der Waals surface area contributed by atoms with Crippen LogP contribution in [0, 0.1) is 229 Å². The highest BCUT2D eigenvalue weighted by Crippen LogP contribution is 2.76. The van der Waals surface area contributed by atoms with Crippen LogP contribution in [0.1, 0.15) is 481 Å². The SMILES string of the molecule is CCC(C)(C)C(=O)OC1(C)CC2CC1C1C3CCC(C3)C21.CCC(C)(C)C(=O)OC1(C)CCC2CCCCC2C1.CCC(C)(C)C(=O)OC1(CC)CC2CC1C1C3CCC(C3)C21.CCC(C)C(=O)OC(C)(C)C12CC3CC(CC1C3)C2.CCC(C)C(=O)OC1(C)CC2CC1C1C3CCC(C3)C21.CCC(C)C(=O)OC1(C)CCC2CCCCC2C1.CCC(C)C(=O)OC1(CC)CC2CC1C1C3CCC(C3)C21. The van der Waals surface area contributed by atoms with Gasteiger partial charge in [0.2, 0.25) is 0 Å². The van der Waals surface area contributed by atoms with Crippen molar-refractivity contribution in [2.24, 2.45) is 229 Å². The number of rotatable bonds is 24. The molecule has 0 aromatic carbocycles. The summed E-state index contributed by atoms with van der Waals surface area (Å²) in [6.45, 7) is 52.2. The summed E-state index contributed by atoms with van der Waals surface area (Å²) in [5, 5.41) is 0. The number of carbonyl (C=O) groups is 7. The van der Waals surface area contributed by atoms with Crippen LogP contribution < -0.4 is 0 Å². The molecule has 24 fully saturated rings. The second-order valence-corrected chi connectivity index (χ2v) is 57.6. The standard InChI is InChI=1S/C20H32O2.2C19H30O2.C18H28O2.C17H28O2.C17H30O2.C16H28O2/c1-5-19(3,4)18(21)22-20(6-2)11-14-10-15(20)17-13-8-7-12(9-13)16(14)17;1-5-18(2,3)17(20)21-19(4)10-13-9-14(19)16-12-7-6-11(8-12)15(13)16;1-4-11(3)18(20)21-19(5-2)10-14-9-15(19)17-13-7-6-12(8-13)16(14)17;1-4-10(2)17(19)20-18(3)9-13-8-14(18)16-12-6-5-11(7-12)15(13)16;1-5-11(2)15(18)19-16(3,4)17-9-12-6-13(10-17)8-14(17)7-12;1-5-16(2,3)15(18)19-17(4)11-10-13-8-6-7-9-14(13)12-17;1-4-12(2)15(17)18-16(3)10-9-13-7-5-6-8-14(13)11-16/h12-17H,5-11H2,1-4H3;11-16H,5-10H2,1-4H3;11-17H,4-10H2,1-3H3;10-16H,4-9H2,1-3H3;11-14H,5-10H2,1-4H3;13-14H,5-12H2,1-4H3;12-14H,4-11H2,1-3H3. The lowest BCUT2D eigenvalue weighted by Crippen LogP contribution is -2.49. The van der Waals surface area contributed by atoms with Crippen LogP contribution in [0.5, 0.6) is 0 Å². The molecular weight excluding hydrogens is 1740 g/mol. The third-order valence-corrected chi connectivity index (χ3v) is 48.6. The van der Waals surface area contributed by atoms with Crippen LogP contribution in [0.15, 0.2) is 0 Å². The molecule has 40 atom stereocenters. The maximum absolute atomic E-state index is 12.7. The van der Waals surface area contributed by atoms with Gasteiger partial charge in [0.25, 0.3) is 0 Å². The lowest BCUT2D eigenvalue weighted by atomic mass is 9.65. The zero-order chi connectivity index (χ0) is 101. The van der Waals surface area contributed by atoms with E-state index >= 15 is 0 Å². The zero-order valence-corrected chi connectivity index (χ0v) is 93.9. The highest BCUT2D eigenvalue weighted by Gasteiger charge is 2.73. The monoisotopic (exact) mass is 1940 g/mol. The Balaban J connectivity index is 0.000000113. The van der Waals surface area contributed by atoms with Gasteiger partial charge in [0.15, 0.2) is 0 Å². The number of hydrogen-bond acceptors (Lipinski definition) is 14. The zero-order valence-electron chi connectivity index (χ0n) is 93.9. The topological polar surface area (TPSA) is 184 Å². The highest BCUT2D eigenvalue weighted by atomic mass is 16.6. The Bertz CT molecular complexity index is 4330. The first kappa shape index (κ1) is 108. The second kappa shape index (κ2) is 41.2. The molecule has 0 saturated heterocycles. The molecule has 0 aromatic heterocycles. The highest BCUT2D eigenvalue weighted by molar-refractivity contribution is 5.78. The van der Waals surface area contributed by atoms with Crippen molar-refractivity contribution in [1.29, 1.82) is 0 Å². The Hall–Kier alpha value is -3.71. The van der Waals surface area contributed by atoms with Crippen molar-refractivity contribution < 1.29 is 66.7 Å². The molecule has 0 radical (unpaired) electrons. The minimum atomic E-state index is -0.341. The molecule has 0 N–H and O–H groups in total. The van der Waals surface area contributed by atoms with Gasteiger partial charge in [-0.2, -0.15) is 0 Å². The summed E-state index contributed by atoms with van der Waals surface area (Å²) < 4.78 is 42.5. The fourth-order valence-electron chi connectivity index (χ4n) is 39.2. The van der Waals surface area contributed by atoms with Crippen molar-refractivity contribution in [1.82, 2.24) is 0 Å². The van der Waals surface area contributed by atoms with E-state index in [0.717, 1.165) is 263 Å². The van der Waals surface area contributed by atoms with Gasteiger partial charge in [-0.3, -0.25) is 33.6 Å². The maximum Gasteiger partial charge on any atom is 0.312 e. The second-order valence-electron chi connectivity index (χ2n) is 57.6. The lowest BCUT2D eigenvalue weighted by molar-refractivity contribution is -0.183. The first-order valence-electron chi connectivity index (χ1n) is 60.8. The molecule has 14 nitrogen and oxygen atoms in total. The summed E-state index contributed by atoms with van der Waals surface area (Å²) in [5.41, 5.74) is -1.91. The predicted molar refractivity (Wildman–Crippen MR) is 557 cm³/mol. The van der Waals surface area contributed by atoms with E-state index in [1.807, 2.05) is 76.2 Å². The molecule has 140 heavy (non-hydrogen) atoms. The molecule has 0 aromatic rings. The van der Waals surface area contributed by atoms with Crippen molar-refractivity contribution in [3.63, 3.8) is 0 Å². The van der Waals surface area contributed by atoms with Crippen LogP contribution in [-0.2, 0) is 66.7 Å². The summed E-state index contributed by atoms with van der Waals surface area (Å²) >= 11 is 0. The van der Waals surface area contributed by atoms with Gasteiger partial charge in [-0.1, -0.05) is 141 Å². The summed E-state index contributed by atoms with van der Waals surface area (Å²) in [7, 11) is 0. The van der Waals surface area contributed by atoms with Crippen molar-refractivity contribution in [3.8, 4) is 0 Å². The van der Waals surface area contributed by atoms with Gasteiger partial charge in [0.1, 0.15) is 39.2 Å². The first-order chi connectivity index (χ1) is 66.2. The van der Waals surface area contributed by atoms with Crippen molar-refractivity contribution in [3.05, 3.63) is 0 Å². The number of carbonyl (C=O) groups excluding carboxylic acids is 7. The van der Waals surface area contributed by atoms with Crippen LogP contribution in [0.4, 0.5) is 0 Å². The van der Waals surface area contributed by atoms with Gasteiger partial charge in [-0.15, -0.1) is 0 Å². The maximum atomic E-state index is 12.7. The summed E-state index contributed by atoms with van der Waals surface area (Å²) in [5.74, 6) is 27.9. The number of esters is 7. The molecule has 24 rings (SSSR count). The molecule has 0 aliphatic heterocycles. The Morgan fingerprint density at radius 1 is 0.279 bits per heavy atom. The Morgan fingerprint density at radius 3 is 0.964 bits per heavy atom. The normalized spacial score (nSPS) is 45.8. The largest absolute Gasteiger partial charge is 0.459 e. The van der Waals surface area contributed by atoms with Gasteiger partial charge >= 0.3 is 41.8 Å². The third kappa shape index (κ3) is 20.0. The van der Waals surface area contributed by atoms with Crippen molar-refractivity contribution in [2.45, 2.75) is 521 Å². The van der Waals surface area contributed by atoms with Gasteiger partial charge in [-0.05, 0) is 500 Å². The average Bonchev–Trinajstić information content (AvgIpc) is 1.55. The molecule has 0 heterocycles. The van der Waals surface area contributed by atoms with E-state index in [2.05, 4.69) is 96.9 Å². The third-order valence-electron chi connectivity index (χ3n) is 48.6. The number of fused-ring (bicyclic) bond motifs is 38. The number of hydrogen-bond donors (Lipinski definition) is 0. The Morgan fingerprint density at radius 2 is 0.586 bits per heavy atom. The van der Waals surface area contributed by atoms with E-state index in [9.17, 15) is 33.6 Å². The quantitative estimate of drug-likeness (QED) is 0.0505. The molecular formula is C126H206O14. The van der Waals surface area contributed by atoms with E-state index in [0.29, 0.717) is 29.1 Å². The van der Waals surface area contributed by atoms with E-state index in [4.69, 9.17) is 33.2 Å². The van der Waals surface area contributed by atoms with Crippen LogP contribution in [0.2, 0.25) is 0 Å². The Labute approximate surface area is 852 Å². The molecule has 14 heteroatoms. The van der Waals surface area contributed by atoms with Crippen LogP contribution in [0.3, 0.4) is 0 Å². The van der Waals surface area contributed by atoms with Gasteiger partial charge in [0, 0.05) is 29.1 Å². The van der Waals surface area contributed by atoms with Gasteiger partial charge in [0.05, 0.1) is 39.9 Å². The van der Waals surface area contributed by atoms with E-state index < -0.39 is 0 Å². The van der Waals surface area contributed by atoms with E-state index in [1.165, 1.54) is 205 Å². The fourth-order valence-corrected chi connectivity index (χ4v) is 39.2. The first-order valence-corrected chi connectivity index (χ1v) is 60.8. The molecule has 0 amide bonds. The fraction of sp³-hybridized carbons (Fsp3) is 0.944. The van der Waals surface area contributed by atoms with Crippen molar-refractivity contribution in [2.75, 3.05) is 0 Å². The van der Waals surface area contributed by atoms with Crippen LogP contribution >= 0.6 is 0 Å². The smallest absolute Gasteiger partial charge is 0.312 e. The predicted octanol–water partition coefficient (Wildman–Crippen LogP) is 30.9. The molecule has 20 bridgehead atoms. The lowest BCUT2D eigenvalue weighted by Gasteiger charge is -2.46. The van der Waals surface area contributed by atoms with Crippen LogP contribution in [0.25, 0.3) is 0 Å². The molecule has 24 saturated carbocycles. The van der Waals surface area contributed by atoms with E-state index in [-0.39, 0.29) is 121 Å². The van der Waals surface area contributed by atoms with Crippen LogP contribution in [-0.4, -0.2) is 81.0 Å². The molecule has 0 spiro atoms. The molecule has 24 aliphatic carbocycles. The molecule has 40 unspecified atom stereocenters. The minimum Gasteiger partial charge on any atom is -0.459 e. The Kier molecular flexibility index (Phi) is 31.7. The molecule has 24 aliphatic rings. The van der Waals surface area contributed by atoms with Gasteiger partial charge < -0.3 is 33.2 Å². The molecule has 794 valence electrons.